The van der Waals surface area contributed by atoms with E-state index in [1.54, 1.807) is 18.2 Å². The third kappa shape index (κ3) is 4.95. The van der Waals surface area contributed by atoms with Crippen LogP contribution in [0, 0.1) is 0 Å². The molecule has 25 heavy (non-hydrogen) atoms. The molecule has 1 N–H and O–H groups in total. The second-order valence-electron chi connectivity index (χ2n) is 5.75. The van der Waals surface area contributed by atoms with Gasteiger partial charge in [-0.15, -0.1) is 11.3 Å². The maximum absolute atomic E-state index is 12.3. The molecule has 2 heterocycles. The molecule has 2 amide bonds. The van der Waals surface area contributed by atoms with E-state index in [-0.39, 0.29) is 18.4 Å². The van der Waals surface area contributed by atoms with Gasteiger partial charge in [0, 0.05) is 41.9 Å². The lowest BCUT2D eigenvalue weighted by molar-refractivity contribution is -0.117. The van der Waals surface area contributed by atoms with Gasteiger partial charge < -0.3 is 10.2 Å². The number of carbonyl (C=O) groups is 2. The molecule has 1 saturated heterocycles. The lowest BCUT2D eigenvalue weighted by Crippen LogP contribution is -2.50. The third-order valence-electron chi connectivity index (χ3n) is 3.90. The highest BCUT2D eigenvalue weighted by Gasteiger charge is 2.23. The van der Waals surface area contributed by atoms with Crippen LogP contribution in [0.4, 0.5) is 5.69 Å². The van der Waals surface area contributed by atoms with Crippen molar-refractivity contribution in [1.82, 2.24) is 9.80 Å². The van der Waals surface area contributed by atoms with Crippen LogP contribution in [0.1, 0.15) is 9.67 Å². The molecule has 2 aromatic rings. The van der Waals surface area contributed by atoms with Crippen molar-refractivity contribution in [2.24, 2.45) is 0 Å². The van der Waals surface area contributed by atoms with Crippen LogP contribution in [0.15, 0.2) is 35.7 Å². The summed E-state index contributed by atoms with van der Waals surface area (Å²) in [5.74, 6) is -0.0657. The Hall–Kier alpha value is -1.60. The molecule has 132 valence electrons. The number of benzene rings is 1. The van der Waals surface area contributed by atoms with Crippen LogP contribution in [0.25, 0.3) is 0 Å². The van der Waals surface area contributed by atoms with Gasteiger partial charge in [0.2, 0.25) is 5.91 Å². The van der Waals surface area contributed by atoms with Crippen molar-refractivity contribution >= 4 is 52.0 Å². The Morgan fingerprint density at radius 3 is 2.36 bits per heavy atom. The zero-order chi connectivity index (χ0) is 17.8. The number of piperazine rings is 1. The minimum absolute atomic E-state index is 0.0627. The summed E-state index contributed by atoms with van der Waals surface area (Å²) in [6.07, 6.45) is 0. The lowest BCUT2D eigenvalue weighted by Gasteiger charge is -2.34. The second kappa shape index (κ2) is 8.19. The number of hydrogen-bond acceptors (Lipinski definition) is 4. The van der Waals surface area contributed by atoms with Gasteiger partial charge in [0.05, 0.1) is 11.4 Å². The molecule has 1 aromatic heterocycles. The van der Waals surface area contributed by atoms with Crippen LogP contribution in [-0.4, -0.2) is 54.3 Å². The highest BCUT2D eigenvalue weighted by atomic mass is 35.5. The zero-order valence-electron chi connectivity index (χ0n) is 13.4. The first kappa shape index (κ1) is 18.2. The summed E-state index contributed by atoms with van der Waals surface area (Å²) < 4.78 is 0. The largest absolute Gasteiger partial charge is 0.335 e. The van der Waals surface area contributed by atoms with E-state index in [0.717, 1.165) is 4.88 Å². The number of nitrogens with one attached hydrogen (secondary N) is 1. The molecule has 0 atom stereocenters. The Morgan fingerprint density at radius 1 is 1.08 bits per heavy atom. The first-order valence-corrected chi connectivity index (χ1v) is 9.46. The Kier molecular flexibility index (Phi) is 5.96. The lowest BCUT2D eigenvalue weighted by atomic mass is 10.2. The average Bonchev–Trinajstić information content (AvgIpc) is 3.08. The Morgan fingerprint density at radius 2 is 1.76 bits per heavy atom. The molecule has 0 bridgehead atoms. The maximum Gasteiger partial charge on any atom is 0.264 e. The normalized spacial score (nSPS) is 15.2. The van der Waals surface area contributed by atoms with Crippen LogP contribution in [0.5, 0.6) is 0 Å². The van der Waals surface area contributed by atoms with Gasteiger partial charge in [-0.25, -0.2) is 0 Å². The van der Waals surface area contributed by atoms with Crippen LogP contribution < -0.4 is 5.32 Å². The topological polar surface area (TPSA) is 52.7 Å². The number of rotatable bonds is 4. The van der Waals surface area contributed by atoms with E-state index in [1.165, 1.54) is 11.3 Å². The van der Waals surface area contributed by atoms with Crippen LogP contribution in [0.3, 0.4) is 0 Å². The molecule has 1 aliphatic rings. The molecule has 0 spiro atoms. The Balaban J connectivity index is 1.48. The van der Waals surface area contributed by atoms with Gasteiger partial charge in [-0.05, 0) is 29.6 Å². The number of hydrogen-bond donors (Lipinski definition) is 1. The molecule has 0 unspecified atom stereocenters. The third-order valence-corrected chi connectivity index (χ3v) is 5.20. The highest BCUT2D eigenvalue weighted by Crippen LogP contribution is 2.22. The van der Waals surface area contributed by atoms with E-state index in [9.17, 15) is 9.59 Å². The van der Waals surface area contributed by atoms with Gasteiger partial charge in [0.25, 0.3) is 5.91 Å². The zero-order valence-corrected chi connectivity index (χ0v) is 15.7. The standard InChI is InChI=1S/C17H17Cl2N3O2S/c18-12-8-13(19)10-14(9-12)20-16(23)11-21-3-5-22(6-4-21)17(24)15-2-1-7-25-15/h1-2,7-10H,3-6,11H2,(H,20,23). The SMILES string of the molecule is O=C(CN1CCN(C(=O)c2cccs2)CC1)Nc1cc(Cl)cc(Cl)c1. The van der Waals surface area contributed by atoms with Gasteiger partial charge in [0.1, 0.15) is 0 Å². The predicted octanol–water partition coefficient (Wildman–Crippen LogP) is 3.45. The van der Waals surface area contributed by atoms with E-state index in [2.05, 4.69) is 5.32 Å². The second-order valence-corrected chi connectivity index (χ2v) is 7.57. The molecular formula is C17H17Cl2N3O2S. The van der Waals surface area contributed by atoms with Crippen molar-refractivity contribution in [2.75, 3.05) is 38.0 Å². The van der Waals surface area contributed by atoms with E-state index in [0.29, 0.717) is 41.9 Å². The molecule has 1 aromatic carbocycles. The number of halogens is 2. The van der Waals surface area contributed by atoms with E-state index < -0.39 is 0 Å². The number of carbonyl (C=O) groups excluding carboxylic acids is 2. The van der Waals surface area contributed by atoms with Crippen LogP contribution in [0.2, 0.25) is 10.0 Å². The number of nitrogens with zero attached hydrogens (tertiary/aromatic N) is 2. The summed E-state index contributed by atoms with van der Waals surface area (Å²) in [4.78, 5) is 29.1. The van der Waals surface area contributed by atoms with E-state index >= 15 is 0 Å². The van der Waals surface area contributed by atoms with Crippen molar-refractivity contribution in [1.29, 1.82) is 0 Å². The van der Waals surface area contributed by atoms with Crippen molar-refractivity contribution in [2.45, 2.75) is 0 Å². The van der Waals surface area contributed by atoms with Gasteiger partial charge in [-0.1, -0.05) is 29.3 Å². The molecule has 0 radical (unpaired) electrons. The summed E-state index contributed by atoms with van der Waals surface area (Å²) in [5, 5.41) is 5.65. The van der Waals surface area contributed by atoms with Crippen molar-refractivity contribution < 1.29 is 9.59 Å². The summed E-state index contributed by atoms with van der Waals surface area (Å²) in [6, 6.07) is 8.64. The van der Waals surface area contributed by atoms with E-state index in [1.807, 2.05) is 27.3 Å². The van der Waals surface area contributed by atoms with Crippen molar-refractivity contribution in [3.8, 4) is 0 Å². The fourth-order valence-corrected chi connectivity index (χ4v) is 3.91. The van der Waals surface area contributed by atoms with Gasteiger partial charge >= 0.3 is 0 Å². The molecule has 5 nitrogen and oxygen atoms in total. The summed E-state index contributed by atoms with van der Waals surface area (Å²) in [6.45, 7) is 2.84. The van der Waals surface area contributed by atoms with Crippen LogP contribution in [-0.2, 0) is 4.79 Å². The fourth-order valence-electron chi connectivity index (χ4n) is 2.69. The average molecular weight is 398 g/mol. The van der Waals surface area contributed by atoms with Gasteiger partial charge in [-0.2, -0.15) is 0 Å². The first-order valence-electron chi connectivity index (χ1n) is 7.82. The maximum atomic E-state index is 12.3. The molecule has 3 rings (SSSR count). The van der Waals surface area contributed by atoms with Crippen LogP contribution >= 0.6 is 34.5 Å². The molecule has 0 aliphatic carbocycles. The van der Waals surface area contributed by atoms with Gasteiger partial charge in [0.15, 0.2) is 0 Å². The van der Waals surface area contributed by atoms with E-state index in [4.69, 9.17) is 23.2 Å². The number of amides is 2. The summed E-state index contributed by atoms with van der Waals surface area (Å²) >= 11 is 13.3. The van der Waals surface area contributed by atoms with Gasteiger partial charge in [-0.3, -0.25) is 14.5 Å². The molecular weight excluding hydrogens is 381 g/mol. The highest BCUT2D eigenvalue weighted by molar-refractivity contribution is 7.12. The smallest absolute Gasteiger partial charge is 0.264 e. The Labute approximate surface area is 160 Å². The monoisotopic (exact) mass is 397 g/mol. The summed E-state index contributed by atoms with van der Waals surface area (Å²) in [5.41, 5.74) is 0.578. The first-order chi connectivity index (χ1) is 12.0. The van der Waals surface area contributed by atoms with Crippen molar-refractivity contribution in [3.63, 3.8) is 0 Å². The molecule has 1 fully saturated rings. The fraction of sp³-hybridized carbons (Fsp3) is 0.294. The molecule has 8 heteroatoms. The molecule has 1 aliphatic heterocycles. The number of anilines is 1. The summed E-state index contributed by atoms with van der Waals surface area (Å²) in [7, 11) is 0. The quantitative estimate of drug-likeness (QED) is 0.859. The molecule has 0 saturated carbocycles. The number of thiophene rings is 1. The van der Waals surface area contributed by atoms with Crippen molar-refractivity contribution in [3.05, 3.63) is 50.6 Å². The minimum atomic E-state index is -0.128. The minimum Gasteiger partial charge on any atom is -0.335 e. The Bertz CT molecular complexity index is 739. The predicted molar refractivity (Wildman–Crippen MR) is 102 cm³/mol.